The highest BCUT2D eigenvalue weighted by atomic mass is 32.2. The highest BCUT2D eigenvalue weighted by Crippen LogP contribution is 2.36. The summed E-state index contributed by atoms with van der Waals surface area (Å²) in [5.41, 5.74) is 0. The maximum absolute atomic E-state index is 12.1. The Morgan fingerprint density at radius 1 is 1.32 bits per heavy atom. The molecule has 0 spiro atoms. The highest BCUT2D eigenvalue weighted by molar-refractivity contribution is 7.92. The largest absolute Gasteiger partial charge is 0.308 e. The minimum Gasteiger partial charge on any atom is -0.308 e. The van der Waals surface area contributed by atoms with Crippen LogP contribution in [0.5, 0.6) is 0 Å². The molecule has 0 bridgehead atoms. The van der Waals surface area contributed by atoms with Crippen molar-refractivity contribution in [3.05, 3.63) is 21.9 Å². The fourth-order valence-corrected chi connectivity index (χ4v) is 3.86. The van der Waals surface area contributed by atoms with Crippen LogP contribution in [-0.2, 0) is 16.3 Å². The minimum absolute atomic E-state index is 0.146. The molecule has 110 valence electrons. The van der Waals surface area contributed by atoms with Crippen molar-refractivity contribution in [1.82, 2.24) is 5.32 Å². The lowest BCUT2D eigenvalue weighted by molar-refractivity contribution is 0.425. The number of hydrogen-bond donors (Lipinski definition) is 1. The summed E-state index contributed by atoms with van der Waals surface area (Å²) in [7, 11) is -3.13. The molecule has 1 atom stereocenters. The Morgan fingerprint density at radius 3 is 2.37 bits per heavy atom. The third kappa shape index (κ3) is 3.80. The zero-order valence-electron chi connectivity index (χ0n) is 12.5. The molecule has 3 nitrogen and oxygen atoms in total. The molecule has 0 radical (unpaired) electrons. The summed E-state index contributed by atoms with van der Waals surface area (Å²) in [5, 5.41) is 3.40. The molecule has 1 N–H and O–H groups in total. The van der Waals surface area contributed by atoms with E-state index in [0.29, 0.717) is 0 Å². The standard InChI is InChI=1S/C14H25NO2S2/c1-6-10-15-13(14(3,4)19(5,16)17)12-9-8-11(7-2)18-12/h8-9,13,15H,6-7,10H2,1-5H3. The van der Waals surface area contributed by atoms with E-state index in [9.17, 15) is 8.42 Å². The van der Waals surface area contributed by atoms with Crippen LogP contribution in [-0.4, -0.2) is 26.0 Å². The first kappa shape index (κ1) is 16.7. The Bertz CT molecular complexity index is 503. The van der Waals surface area contributed by atoms with Crippen molar-refractivity contribution in [3.8, 4) is 0 Å². The maximum Gasteiger partial charge on any atom is 0.154 e. The number of aryl methyl sites for hydroxylation is 1. The van der Waals surface area contributed by atoms with Crippen LogP contribution in [0.2, 0.25) is 0 Å². The number of sulfone groups is 1. The van der Waals surface area contributed by atoms with E-state index in [2.05, 4.69) is 31.3 Å². The molecule has 0 aliphatic heterocycles. The molecule has 1 aromatic rings. The van der Waals surface area contributed by atoms with Gasteiger partial charge in [-0.25, -0.2) is 8.42 Å². The summed E-state index contributed by atoms with van der Waals surface area (Å²) in [6, 6.07) is 4.01. The Morgan fingerprint density at radius 2 is 1.95 bits per heavy atom. The van der Waals surface area contributed by atoms with Crippen LogP contribution in [0.15, 0.2) is 12.1 Å². The first-order chi connectivity index (χ1) is 8.74. The molecule has 19 heavy (non-hydrogen) atoms. The Hall–Kier alpha value is -0.390. The van der Waals surface area contributed by atoms with Gasteiger partial charge in [0.1, 0.15) is 0 Å². The van der Waals surface area contributed by atoms with Crippen molar-refractivity contribution in [2.24, 2.45) is 0 Å². The van der Waals surface area contributed by atoms with E-state index in [0.717, 1.165) is 24.3 Å². The highest BCUT2D eigenvalue weighted by Gasteiger charge is 2.40. The summed E-state index contributed by atoms with van der Waals surface area (Å²) < 4.78 is 23.3. The predicted molar refractivity (Wildman–Crippen MR) is 83.7 cm³/mol. The summed E-state index contributed by atoms with van der Waals surface area (Å²) >= 11 is 1.71. The fourth-order valence-electron chi connectivity index (χ4n) is 1.93. The lowest BCUT2D eigenvalue weighted by atomic mass is 10.0. The molecule has 0 aliphatic carbocycles. The van der Waals surface area contributed by atoms with Gasteiger partial charge in [-0.3, -0.25) is 0 Å². The molecule has 1 aromatic heterocycles. The molecule has 0 fully saturated rings. The van der Waals surface area contributed by atoms with Crippen LogP contribution in [0.4, 0.5) is 0 Å². The van der Waals surface area contributed by atoms with Gasteiger partial charge in [0.25, 0.3) is 0 Å². The second-order valence-corrected chi connectivity index (χ2v) is 9.22. The predicted octanol–water partition coefficient (Wildman–Crippen LogP) is 3.17. The molecular weight excluding hydrogens is 278 g/mol. The molecule has 0 aromatic carbocycles. The van der Waals surface area contributed by atoms with E-state index < -0.39 is 14.6 Å². The maximum atomic E-state index is 12.1. The average molecular weight is 303 g/mol. The van der Waals surface area contributed by atoms with Gasteiger partial charge in [0.05, 0.1) is 10.8 Å². The van der Waals surface area contributed by atoms with Crippen molar-refractivity contribution in [1.29, 1.82) is 0 Å². The van der Waals surface area contributed by atoms with Gasteiger partial charge in [-0.2, -0.15) is 0 Å². The van der Waals surface area contributed by atoms with Crippen molar-refractivity contribution in [3.63, 3.8) is 0 Å². The van der Waals surface area contributed by atoms with Gasteiger partial charge in [0.2, 0.25) is 0 Å². The molecule has 1 unspecified atom stereocenters. The van der Waals surface area contributed by atoms with Gasteiger partial charge in [0, 0.05) is 16.0 Å². The van der Waals surface area contributed by atoms with Gasteiger partial charge in [0.15, 0.2) is 9.84 Å². The molecule has 5 heteroatoms. The monoisotopic (exact) mass is 303 g/mol. The van der Waals surface area contributed by atoms with E-state index in [-0.39, 0.29) is 6.04 Å². The Kier molecular flexibility index (Phi) is 5.59. The van der Waals surface area contributed by atoms with E-state index in [1.54, 1.807) is 25.2 Å². The lowest BCUT2D eigenvalue weighted by Gasteiger charge is -2.33. The molecule has 0 saturated carbocycles. The molecule has 0 saturated heterocycles. The number of hydrogen-bond acceptors (Lipinski definition) is 4. The van der Waals surface area contributed by atoms with Crippen LogP contribution in [0.25, 0.3) is 0 Å². The van der Waals surface area contributed by atoms with Crippen LogP contribution >= 0.6 is 11.3 Å². The van der Waals surface area contributed by atoms with Gasteiger partial charge < -0.3 is 5.32 Å². The van der Waals surface area contributed by atoms with E-state index >= 15 is 0 Å². The first-order valence-corrected chi connectivity index (χ1v) is 9.46. The zero-order chi connectivity index (χ0) is 14.7. The van der Waals surface area contributed by atoms with E-state index in [4.69, 9.17) is 0 Å². The van der Waals surface area contributed by atoms with Crippen molar-refractivity contribution in [2.75, 3.05) is 12.8 Å². The quantitative estimate of drug-likeness (QED) is 0.841. The van der Waals surface area contributed by atoms with E-state index in [1.807, 2.05) is 0 Å². The summed E-state index contributed by atoms with van der Waals surface area (Å²) in [6.45, 7) is 8.64. The van der Waals surface area contributed by atoms with Crippen LogP contribution in [0.1, 0.15) is 49.9 Å². The SMILES string of the molecule is CCCNC(c1ccc(CC)s1)C(C)(C)S(C)(=O)=O. The van der Waals surface area contributed by atoms with Crippen LogP contribution in [0, 0.1) is 0 Å². The molecule has 1 rings (SSSR count). The van der Waals surface area contributed by atoms with Gasteiger partial charge >= 0.3 is 0 Å². The average Bonchev–Trinajstić information content (AvgIpc) is 2.76. The van der Waals surface area contributed by atoms with Crippen LogP contribution in [0.3, 0.4) is 0 Å². The fraction of sp³-hybridized carbons (Fsp3) is 0.714. The topological polar surface area (TPSA) is 46.2 Å². The zero-order valence-corrected chi connectivity index (χ0v) is 14.1. The molecular formula is C14H25NO2S2. The van der Waals surface area contributed by atoms with E-state index in [1.165, 1.54) is 11.1 Å². The number of rotatable bonds is 7. The van der Waals surface area contributed by atoms with Crippen molar-refractivity contribution >= 4 is 21.2 Å². The molecule has 1 heterocycles. The second kappa shape index (κ2) is 6.37. The lowest BCUT2D eigenvalue weighted by Crippen LogP contribution is -2.44. The minimum atomic E-state index is -3.13. The van der Waals surface area contributed by atoms with Crippen molar-refractivity contribution in [2.45, 2.75) is 51.3 Å². The third-order valence-electron chi connectivity index (χ3n) is 3.56. The smallest absolute Gasteiger partial charge is 0.154 e. The Balaban J connectivity index is 3.14. The normalized spacial score (nSPS) is 14.6. The number of nitrogens with one attached hydrogen (secondary N) is 1. The number of thiophene rings is 1. The molecule has 0 aliphatic rings. The summed E-state index contributed by atoms with van der Waals surface area (Å²) in [5.74, 6) is 0. The summed E-state index contributed by atoms with van der Waals surface area (Å²) in [6.07, 6.45) is 3.30. The van der Waals surface area contributed by atoms with Gasteiger partial charge in [-0.05, 0) is 45.4 Å². The second-order valence-electron chi connectivity index (χ2n) is 5.42. The Labute approximate surface area is 121 Å². The molecule has 0 amide bonds. The van der Waals surface area contributed by atoms with Crippen LogP contribution < -0.4 is 5.32 Å². The first-order valence-electron chi connectivity index (χ1n) is 6.75. The van der Waals surface area contributed by atoms with Gasteiger partial charge in [-0.1, -0.05) is 13.8 Å². The third-order valence-corrected chi connectivity index (χ3v) is 7.01. The van der Waals surface area contributed by atoms with Crippen molar-refractivity contribution < 1.29 is 8.42 Å². The van der Waals surface area contributed by atoms with Gasteiger partial charge in [-0.15, -0.1) is 11.3 Å². The summed E-state index contributed by atoms with van der Waals surface area (Å²) in [4.78, 5) is 2.41.